The largest absolute Gasteiger partial charge is 0.508 e. The average molecular weight is 277 g/mol. The zero-order valence-electron chi connectivity index (χ0n) is 10.8. The summed E-state index contributed by atoms with van der Waals surface area (Å²) in [6.45, 7) is 2.00. The van der Waals surface area contributed by atoms with Crippen LogP contribution in [0.15, 0.2) is 28.8 Å². The smallest absolute Gasteiger partial charge is 0.246 e. The Balaban J connectivity index is 1.58. The third kappa shape index (κ3) is 3.06. The van der Waals surface area contributed by atoms with Crippen LogP contribution in [0.1, 0.15) is 17.8 Å². The molecule has 2 aromatic rings. The number of aromatic nitrogens is 2. The lowest BCUT2D eigenvalue weighted by molar-refractivity contribution is -0.0941. The summed E-state index contributed by atoms with van der Waals surface area (Å²) >= 11 is 0. The Morgan fingerprint density at radius 3 is 2.85 bits per heavy atom. The van der Waals surface area contributed by atoms with Crippen LogP contribution in [0.25, 0.3) is 0 Å². The molecule has 0 saturated carbocycles. The first kappa shape index (κ1) is 12.9. The van der Waals surface area contributed by atoms with Crippen LogP contribution < -0.4 is 5.32 Å². The molecule has 1 unspecified atom stereocenters. The molecule has 1 aliphatic heterocycles. The third-order valence-corrected chi connectivity index (χ3v) is 2.90. The van der Waals surface area contributed by atoms with Crippen LogP contribution in [0, 0.1) is 0 Å². The zero-order valence-corrected chi connectivity index (χ0v) is 10.8. The number of ether oxygens (including phenoxy) is 2. The molecule has 0 radical (unpaired) electrons. The predicted molar refractivity (Wildman–Crippen MR) is 69.2 cm³/mol. The van der Waals surface area contributed by atoms with Gasteiger partial charge in [0.2, 0.25) is 11.7 Å². The van der Waals surface area contributed by atoms with E-state index in [0.29, 0.717) is 38.1 Å². The minimum absolute atomic E-state index is 0.227. The van der Waals surface area contributed by atoms with Gasteiger partial charge in [0, 0.05) is 5.69 Å². The van der Waals surface area contributed by atoms with E-state index >= 15 is 0 Å². The second-order valence-corrected chi connectivity index (χ2v) is 4.38. The SMILES string of the molecule is Oc1ccc(NCc2nc(C3COCCO3)no2)cc1. The molecule has 3 rings (SSSR count). The summed E-state index contributed by atoms with van der Waals surface area (Å²) < 4.78 is 16.0. The fraction of sp³-hybridized carbons (Fsp3) is 0.385. The van der Waals surface area contributed by atoms with Crippen molar-refractivity contribution in [1.82, 2.24) is 10.1 Å². The molecule has 1 atom stereocenters. The van der Waals surface area contributed by atoms with Gasteiger partial charge in [-0.15, -0.1) is 0 Å². The minimum atomic E-state index is -0.255. The first-order valence-corrected chi connectivity index (χ1v) is 6.36. The van der Waals surface area contributed by atoms with Crippen LogP contribution in [0.2, 0.25) is 0 Å². The van der Waals surface area contributed by atoms with E-state index in [0.717, 1.165) is 5.69 Å². The maximum absolute atomic E-state index is 9.20. The maximum Gasteiger partial charge on any atom is 0.246 e. The Labute approximate surface area is 115 Å². The van der Waals surface area contributed by atoms with Gasteiger partial charge in [-0.3, -0.25) is 0 Å². The molecule has 2 heterocycles. The van der Waals surface area contributed by atoms with Gasteiger partial charge in [0.1, 0.15) is 11.9 Å². The van der Waals surface area contributed by atoms with E-state index in [1.807, 2.05) is 0 Å². The van der Waals surface area contributed by atoms with Gasteiger partial charge in [0.05, 0.1) is 26.4 Å². The van der Waals surface area contributed by atoms with E-state index in [9.17, 15) is 5.11 Å². The summed E-state index contributed by atoms with van der Waals surface area (Å²) in [4.78, 5) is 4.27. The molecular weight excluding hydrogens is 262 g/mol. The van der Waals surface area contributed by atoms with Crippen molar-refractivity contribution in [2.45, 2.75) is 12.6 Å². The monoisotopic (exact) mass is 277 g/mol. The van der Waals surface area contributed by atoms with Crippen LogP contribution in [-0.2, 0) is 16.0 Å². The Morgan fingerprint density at radius 1 is 1.25 bits per heavy atom. The molecule has 7 nitrogen and oxygen atoms in total. The third-order valence-electron chi connectivity index (χ3n) is 2.90. The topological polar surface area (TPSA) is 89.6 Å². The van der Waals surface area contributed by atoms with Crippen molar-refractivity contribution in [2.24, 2.45) is 0 Å². The van der Waals surface area contributed by atoms with Gasteiger partial charge in [0.25, 0.3) is 0 Å². The van der Waals surface area contributed by atoms with Crippen molar-refractivity contribution in [3.63, 3.8) is 0 Å². The fourth-order valence-electron chi connectivity index (χ4n) is 1.86. The second-order valence-electron chi connectivity index (χ2n) is 4.38. The van der Waals surface area contributed by atoms with E-state index in [1.165, 1.54) is 0 Å². The molecule has 0 amide bonds. The standard InChI is InChI=1S/C13H15N3O4/c17-10-3-1-9(2-4-10)14-7-12-15-13(16-20-12)11-8-18-5-6-19-11/h1-4,11,14,17H,5-8H2. The van der Waals surface area contributed by atoms with Gasteiger partial charge in [-0.25, -0.2) is 0 Å². The summed E-state index contributed by atoms with van der Waals surface area (Å²) in [6.07, 6.45) is -0.255. The molecule has 1 fully saturated rings. The summed E-state index contributed by atoms with van der Waals surface area (Å²) in [5, 5.41) is 16.2. The quantitative estimate of drug-likeness (QED) is 0.818. The number of phenols is 1. The molecule has 1 aromatic carbocycles. The van der Waals surface area contributed by atoms with Gasteiger partial charge in [-0.2, -0.15) is 4.98 Å². The number of hydrogen-bond acceptors (Lipinski definition) is 7. The van der Waals surface area contributed by atoms with Crippen LogP contribution in [0.5, 0.6) is 5.75 Å². The molecule has 7 heteroatoms. The number of benzene rings is 1. The molecular formula is C13H15N3O4. The van der Waals surface area contributed by atoms with Crippen molar-refractivity contribution < 1.29 is 19.1 Å². The molecule has 1 aromatic heterocycles. The molecule has 1 saturated heterocycles. The lowest BCUT2D eigenvalue weighted by Crippen LogP contribution is -2.22. The highest BCUT2D eigenvalue weighted by atomic mass is 16.6. The predicted octanol–water partition coefficient (Wildman–Crippen LogP) is 1.48. The molecule has 106 valence electrons. The van der Waals surface area contributed by atoms with Crippen molar-refractivity contribution in [3.8, 4) is 5.75 Å². The number of rotatable bonds is 4. The van der Waals surface area contributed by atoms with Crippen LogP contribution in [-0.4, -0.2) is 35.1 Å². The van der Waals surface area contributed by atoms with E-state index in [-0.39, 0.29) is 11.9 Å². The van der Waals surface area contributed by atoms with E-state index in [1.54, 1.807) is 24.3 Å². The Bertz CT molecular complexity index is 549. The van der Waals surface area contributed by atoms with Crippen molar-refractivity contribution in [1.29, 1.82) is 0 Å². The lowest BCUT2D eigenvalue weighted by atomic mass is 10.3. The van der Waals surface area contributed by atoms with E-state index < -0.39 is 0 Å². The molecule has 0 bridgehead atoms. The molecule has 2 N–H and O–H groups in total. The summed E-state index contributed by atoms with van der Waals surface area (Å²) in [6, 6.07) is 6.75. The Morgan fingerprint density at radius 2 is 2.10 bits per heavy atom. The molecule has 20 heavy (non-hydrogen) atoms. The van der Waals surface area contributed by atoms with Gasteiger partial charge >= 0.3 is 0 Å². The summed E-state index contributed by atoms with van der Waals surface area (Å²) in [5.41, 5.74) is 0.861. The zero-order chi connectivity index (χ0) is 13.8. The first-order chi connectivity index (χ1) is 9.81. The molecule has 0 aliphatic carbocycles. The van der Waals surface area contributed by atoms with Crippen LogP contribution >= 0.6 is 0 Å². The van der Waals surface area contributed by atoms with Gasteiger partial charge in [-0.1, -0.05) is 5.16 Å². The highest BCUT2D eigenvalue weighted by Crippen LogP contribution is 2.18. The van der Waals surface area contributed by atoms with Gasteiger partial charge in [-0.05, 0) is 24.3 Å². The van der Waals surface area contributed by atoms with Crippen molar-refractivity contribution in [3.05, 3.63) is 36.0 Å². The number of nitrogens with one attached hydrogen (secondary N) is 1. The average Bonchev–Trinajstić information content (AvgIpc) is 2.97. The van der Waals surface area contributed by atoms with Crippen molar-refractivity contribution >= 4 is 5.69 Å². The summed E-state index contributed by atoms with van der Waals surface area (Å²) in [7, 11) is 0. The fourth-order valence-corrected chi connectivity index (χ4v) is 1.86. The number of nitrogens with zero attached hydrogens (tertiary/aromatic N) is 2. The Hall–Kier alpha value is -2.12. The first-order valence-electron chi connectivity index (χ1n) is 6.36. The highest BCUT2D eigenvalue weighted by molar-refractivity contribution is 5.45. The summed E-state index contributed by atoms with van der Waals surface area (Å²) in [5.74, 6) is 1.21. The Kier molecular flexibility index (Phi) is 3.80. The maximum atomic E-state index is 9.20. The van der Waals surface area contributed by atoms with E-state index in [4.69, 9.17) is 14.0 Å². The highest BCUT2D eigenvalue weighted by Gasteiger charge is 2.22. The molecule has 0 spiro atoms. The lowest BCUT2D eigenvalue weighted by Gasteiger charge is -2.19. The van der Waals surface area contributed by atoms with Crippen LogP contribution in [0.4, 0.5) is 5.69 Å². The van der Waals surface area contributed by atoms with Gasteiger partial charge in [0.15, 0.2) is 0 Å². The number of hydrogen-bond donors (Lipinski definition) is 2. The second kappa shape index (κ2) is 5.89. The molecule has 1 aliphatic rings. The van der Waals surface area contributed by atoms with Crippen molar-refractivity contribution in [2.75, 3.05) is 25.1 Å². The number of phenolic OH excluding ortho intramolecular Hbond substituents is 1. The van der Waals surface area contributed by atoms with Gasteiger partial charge < -0.3 is 24.4 Å². The van der Waals surface area contributed by atoms with Crippen LogP contribution in [0.3, 0.4) is 0 Å². The van der Waals surface area contributed by atoms with E-state index in [2.05, 4.69) is 15.5 Å². The number of anilines is 1. The number of aromatic hydroxyl groups is 1. The normalized spacial score (nSPS) is 18.9. The minimum Gasteiger partial charge on any atom is -0.508 e.